The fourth-order valence-electron chi connectivity index (χ4n) is 1.36. The van der Waals surface area contributed by atoms with E-state index >= 15 is 0 Å². The van der Waals surface area contributed by atoms with E-state index in [1.165, 1.54) is 23.5 Å². The number of thiophene rings is 1. The number of hydrogen-bond donors (Lipinski definition) is 1. The molecule has 1 unspecified atom stereocenters. The number of aliphatic hydroxyl groups excluding tert-OH is 1. The first kappa shape index (κ1) is 10.6. The third-order valence-corrected chi connectivity index (χ3v) is 3.34. The summed E-state index contributed by atoms with van der Waals surface area (Å²) in [5.74, 6) is -0.483. The smallest absolute Gasteiger partial charge is 0.130 e. The van der Waals surface area contributed by atoms with Crippen LogP contribution in [0.4, 0.5) is 4.39 Å². The van der Waals surface area contributed by atoms with Gasteiger partial charge in [0.2, 0.25) is 0 Å². The Bertz CT molecular complexity index is 435. The van der Waals surface area contributed by atoms with E-state index in [0.717, 1.165) is 0 Å². The lowest BCUT2D eigenvalue weighted by Gasteiger charge is -2.11. The highest BCUT2D eigenvalue weighted by Crippen LogP contribution is 2.32. The Labute approximate surface area is 95.8 Å². The van der Waals surface area contributed by atoms with Gasteiger partial charge in [-0.3, -0.25) is 0 Å². The predicted molar refractivity (Wildman–Crippen MR) is 59.8 cm³/mol. The lowest BCUT2D eigenvalue weighted by molar-refractivity contribution is 0.219. The van der Waals surface area contributed by atoms with Gasteiger partial charge in [0.15, 0.2) is 0 Å². The van der Waals surface area contributed by atoms with Crippen molar-refractivity contribution in [3.05, 3.63) is 57.0 Å². The fraction of sp³-hybridized carbons (Fsp3) is 0.0909. The topological polar surface area (TPSA) is 20.2 Å². The second kappa shape index (κ2) is 4.31. The molecule has 2 rings (SSSR count). The fourth-order valence-corrected chi connectivity index (χ4v) is 2.35. The average molecular weight is 243 g/mol. The van der Waals surface area contributed by atoms with Gasteiger partial charge >= 0.3 is 0 Å². The molecule has 0 amide bonds. The van der Waals surface area contributed by atoms with Crippen LogP contribution in [-0.2, 0) is 0 Å². The molecule has 15 heavy (non-hydrogen) atoms. The highest BCUT2D eigenvalue weighted by molar-refractivity contribution is 7.10. The molecule has 0 bridgehead atoms. The minimum Gasteiger partial charge on any atom is -0.383 e. The van der Waals surface area contributed by atoms with Crippen molar-refractivity contribution in [2.24, 2.45) is 0 Å². The summed E-state index contributed by atoms with van der Waals surface area (Å²) in [4.78, 5) is 0.682. The maximum absolute atomic E-state index is 13.5. The highest BCUT2D eigenvalue weighted by Gasteiger charge is 2.18. The first-order valence-electron chi connectivity index (χ1n) is 4.35. The summed E-state index contributed by atoms with van der Waals surface area (Å²) in [7, 11) is 0. The van der Waals surface area contributed by atoms with E-state index in [-0.39, 0.29) is 10.6 Å². The summed E-state index contributed by atoms with van der Waals surface area (Å²) < 4.78 is 13.5. The van der Waals surface area contributed by atoms with Gasteiger partial charge in [0.1, 0.15) is 11.9 Å². The van der Waals surface area contributed by atoms with E-state index < -0.39 is 11.9 Å². The van der Waals surface area contributed by atoms with Crippen molar-refractivity contribution in [3.8, 4) is 0 Å². The molecule has 0 aliphatic heterocycles. The average Bonchev–Trinajstić information content (AvgIpc) is 2.69. The molecule has 0 aliphatic rings. The van der Waals surface area contributed by atoms with Gasteiger partial charge in [-0.1, -0.05) is 23.7 Å². The SMILES string of the molecule is OC(c1cccs1)c1c(F)cccc1Cl. The Morgan fingerprint density at radius 1 is 1.27 bits per heavy atom. The zero-order chi connectivity index (χ0) is 10.8. The maximum Gasteiger partial charge on any atom is 0.130 e. The van der Waals surface area contributed by atoms with Crippen LogP contribution >= 0.6 is 22.9 Å². The normalized spacial score (nSPS) is 12.7. The summed E-state index contributed by atoms with van der Waals surface area (Å²) in [6.45, 7) is 0. The van der Waals surface area contributed by atoms with Gasteiger partial charge in [-0.05, 0) is 23.6 Å². The lowest BCUT2D eigenvalue weighted by atomic mass is 10.1. The number of hydrogen-bond acceptors (Lipinski definition) is 2. The van der Waals surface area contributed by atoms with Gasteiger partial charge in [-0.15, -0.1) is 11.3 Å². The van der Waals surface area contributed by atoms with Crippen LogP contribution in [0.2, 0.25) is 5.02 Å². The first-order chi connectivity index (χ1) is 7.20. The molecule has 1 aromatic carbocycles. The van der Waals surface area contributed by atoms with E-state index in [1.807, 2.05) is 5.38 Å². The molecule has 4 heteroatoms. The Morgan fingerprint density at radius 2 is 2.07 bits per heavy atom. The van der Waals surface area contributed by atoms with Gasteiger partial charge in [0.05, 0.1) is 0 Å². The van der Waals surface area contributed by atoms with Crippen molar-refractivity contribution in [2.75, 3.05) is 0 Å². The molecule has 1 atom stereocenters. The van der Waals surface area contributed by atoms with Gasteiger partial charge in [-0.2, -0.15) is 0 Å². The Morgan fingerprint density at radius 3 is 2.67 bits per heavy atom. The molecule has 0 saturated heterocycles. The molecule has 1 heterocycles. The summed E-state index contributed by atoms with van der Waals surface area (Å²) in [6, 6.07) is 7.92. The number of halogens is 2. The maximum atomic E-state index is 13.5. The van der Waals surface area contributed by atoms with Crippen molar-refractivity contribution in [3.63, 3.8) is 0 Å². The summed E-state index contributed by atoms with van der Waals surface area (Å²) in [5, 5.41) is 12.0. The zero-order valence-corrected chi connectivity index (χ0v) is 9.23. The second-order valence-electron chi connectivity index (χ2n) is 3.05. The van der Waals surface area contributed by atoms with Crippen LogP contribution in [0.25, 0.3) is 0 Å². The van der Waals surface area contributed by atoms with Gasteiger partial charge in [0.25, 0.3) is 0 Å². The van der Waals surface area contributed by atoms with Crippen molar-refractivity contribution in [2.45, 2.75) is 6.10 Å². The van der Waals surface area contributed by atoms with Crippen LogP contribution in [0, 0.1) is 5.82 Å². The van der Waals surface area contributed by atoms with Gasteiger partial charge < -0.3 is 5.11 Å². The molecular weight excluding hydrogens is 235 g/mol. The molecule has 0 spiro atoms. The lowest BCUT2D eigenvalue weighted by Crippen LogP contribution is -2.01. The quantitative estimate of drug-likeness (QED) is 0.853. The monoisotopic (exact) mass is 242 g/mol. The molecule has 0 radical (unpaired) electrons. The molecule has 2 aromatic rings. The van der Waals surface area contributed by atoms with Crippen molar-refractivity contribution < 1.29 is 9.50 Å². The van der Waals surface area contributed by atoms with Crippen molar-refractivity contribution >= 4 is 22.9 Å². The van der Waals surface area contributed by atoms with Crippen LogP contribution in [-0.4, -0.2) is 5.11 Å². The Kier molecular flexibility index (Phi) is 3.05. The van der Waals surface area contributed by atoms with Crippen LogP contribution in [0.1, 0.15) is 16.5 Å². The van der Waals surface area contributed by atoms with E-state index in [2.05, 4.69) is 0 Å². The van der Waals surface area contributed by atoms with E-state index in [9.17, 15) is 9.50 Å². The van der Waals surface area contributed by atoms with E-state index in [1.54, 1.807) is 18.2 Å². The van der Waals surface area contributed by atoms with E-state index in [0.29, 0.717) is 4.88 Å². The largest absolute Gasteiger partial charge is 0.383 e. The molecular formula is C11H8ClFOS. The number of benzene rings is 1. The zero-order valence-electron chi connectivity index (χ0n) is 7.65. The molecule has 1 N–H and O–H groups in total. The minimum atomic E-state index is -0.987. The minimum absolute atomic E-state index is 0.140. The third kappa shape index (κ3) is 2.04. The molecule has 1 aromatic heterocycles. The second-order valence-corrected chi connectivity index (χ2v) is 4.44. The molecule has 0 saturated carbocycles. The van der Waals surface area contributed by atoms with Crippen molar-refractivity contribution in [1.29, 1.82) is 0 Å². The van der Waals surface area contributed by atoms with E-state index in [4.69, 9.17) is 11.6 Å². The highest BCUT2D eigenvalue weighted by atomic mass is 35.5. The number of aliphatic hydroxyl groups is 1. The summed E-state index contributed by atoms with van der Waals surface area (Å²) in [5.41, 5.74) is 0.140. The van der Waals surface area contributed by atoms with Crippen molar-refractivity contribution in [1.82, 2.24) is 0 Å². The molecule has 78 valence electrons. The van der Waals surface area contributed by atoms with Gasteiger partial charge in [0, 0.05) is 15.5 Å². The van der Waals surface area contributed by atoms with Crippen LogP contribution in [0.5, 0.6) is 0 Å². The third-order valence-electron chi connectivity index (χ3n) is 2.09. The first-order valence-corrected chi connectivity index (χ1v) is 5.61. The summed E-state index contributed by atoms with van der Waals surface area (Å²) >= 11 is 7.21. The number of rotatable bonds is 2. The Balaban J connectivity index is 2.46. The van der Waals surface area contributed by atoms with Crippen LogP contribution < -0.4 is 0 Å². The van der Waals surface area contributed by atoms with Crippen LogP contribution in [0.3, 0.4) is 0 Å². The standard InChI is InChI=1S/C11H8ClFOS/c12-7-3-1-4-8(13)10(7)11(14)9-5-2-6-15-9/h1-6,11,14H. The summed E-state index contributed by atoms with van der Waals surface area (Å²) in [6.07, 6.45) is -0.987. The molecule has 0 aliphatic carbocycles. The predicted octanol–water partition coefficient (Wildman–Crippen LogP) is 3.62. The van der Waals surface area contributed by atoms with Crippen LogP contribution in [0.15, 0.2) is 35.7 Å². The Hall–Kier alpha value is -0.900. The molecule has 0 fully saturated rings. The van der Waals surface area contributed by atoms with Gasteiger partial charge in [-0.25, -0.2) is 4.39 Å². The molecule has 1 nitrogen and oxygen atoms in total.